The summed E-state index contributed by atoms with van der Waals surface area (Å²) in [4.78, 5) is 14.8. The minimum Gasteiger partial charge on any atom is -0.372 e. The number of carbonyl (C=O) groups excluding carboxylic acids is 1. The summed E-state index contributed by atoms with van der Waals surface area (Å²) >= 11 is 0. The molecule has 0 heterocycles. The Bertz CT molecular complexity index is 1140. The van der Waals surface area contributed by atoms with Crippen molar-refractivity contribution in [3.63, 3.8) is 0 Å². The van der Waals surface area contributed by atoms with Crippen molar-refractivity contribution < 1.29 is 4.79 Å². The van der Waals surface area contributed by atoms with E-state index in [4.69, 9.17) is 0 Å². The summed E-state index contributed by atoms with van der Waals surface area (Å²) in [7, 11) is 0. The minimum atomic E-state index is -0.272. The highest BCUT2D eigenvalue weighted by atomic mass is 16.1. The van der Waals surface area contributed by atoms with Crippen molar-refractivity contribution in [1.82, 2.24) is 0 Å². The summed E-state index contributed by atoms with van der Waals surface area (Å²) < 4.78 is 0. The number of carbonyl (C=O) groups is 1. The highest BCUT2D eigenvalue weighted by Crippen LogP contribution is 2.28. The molecule has 0 radical (unpaired) electrons. The molecule has 0 aliphatic carbocycles. The molecule has 0 aliphatic rings. The highest BCUT2D eigenvalue weighted by molar-refractivity contribution is 6.03. The van der Waals surface area contributed by atoms with Gasteiger partial charge >= 0.3 is 0 Å². The van der Waals surface area contributed by atoms with Crippen molar-refractivity contribution in [1.29, 1.82) is 5.26 Å². The lowest BCUT2D eigenvalue weighted by Gasteiger charge is -2.21. The standard InChI is InChI=1S/C27H27N3O/c1-4-30(5-2)24-11-8-10-21(17-24)13-16-27(31)29-26-18-22(14-15-23(26)19-28)25-12-7-6-9-20(25)3/h6-18H,4-5H2,1-3H3,(H,29,31)/b16-13+. The van der Waals surface area contributed by atoms with Crippen LogP contribution >= 0.6 is 0 Å². The number of hydrogen-bond donors (Lipinski definition) is 1. The predicted octanol–water partition coefficient (Wildman–Crippen LogP) is 6.03. The predicted molar refractivity (Wildman–Crippen MR) is 129 cm³/mol. The number of benzene rings is 3. The molecule has 0 atom stereocenters. The Labute approximate surface area is 184 Å². The molecule has 3 rings (SSSR count). The lowest BCUT2D eigenvalue weighted by Crippen LogP contribution is -2.21. The minimum absolute atomic E-state index is 0.272. The van der Waals surface area contributed by atoms with Gasteiger partial charge in [-0.1, -0.05) is 42.5 Å². The lowest BCUT2D eigenvalue weighted by atomic mass is 9.98. The van der Waals surface area contributed by atoms with Gasteiger partial charge in [0.1, 0.15) is 6.07 Å². The van der Waals surface area contributed by atoms with Gasteiger partial charge in [-0.05, 0) is 73.4 Å². The zero-order chi connectivity index (χ0) is 22.2. The third-order valence-corrected chi connectivity index (χ3v) is 5.28. The Morgan fingerprint density at radius 3 is 2.52 bits per heavy atom. The van der Waals surface area contributed by atoms with E-state index in [0.717, 1.165) is 41.0 Å². The number of aryl methyl sites for hydroxylation is 1. The van der Waals surface area contributed by atoms with Crippen LogP contribution in [0.15, 0.2) is 72.8 Å². The molecule has 4 heteroatoms. The van der Waals surface area contributed by atoms with Gasteiger partial charge in [-0.3, -0.25) is 4.79 Å². The molecule has 0 aliphatic heterocycles. The van der Waals surface area contributed by atoms with E-state index >= 15 is 0 Å². The lowest BCUT2D eigenvalue weighted by molar-refractivity contribution is -0.111. The number of nitrogens with zero attached hydrogens (tertiary/aromatic N) is 2. The Hall–Kier alpha value is -3.84. The summed E-state index contributed by atoms with van der Waals surface area (Å²) in [6.45, 7) is 8.14. The number of amides is 1. The van der Waals surface area contributed by atoms with Crippen LogP contribution in [0.1, 0.15) is 30.5 Å². The topological polar surface area (TPSA) is 56.1 Å². The molecule has 0 saturated heterocycles. The van der Waals surface area contributed by atoms with Gasteiger partial charge in [0, 0.05) is 24.9 Å². The maximum Gasteiger partial charge on any atom is 0.248 e. The molecule has 0 spiro atoms. The first-order valence-corrected chi connectivity index (χ1v) is 10.5. The average molecular weight is 410 g/mol. The third-order valence-electron chi connectivity index (χ3n) is 5.28. The van der Waals surface area contributed by atoms with E-state index in [0.29, 0.717) is 11.3 Å². The van der Waals surface area contributed by atoms with Crippen LogP contribution in [0.5, 0.6) is 0 Å². The van der Waals surface area contributed by atoms with Gasteiger partial charge in [0.2, 0.25) is 5.91 Å². The van der Waals surface area contributed by atoms with Crippen molar-refractivity contribution in [3.8, 4) is 17.2 Å². The van der Waals surface area contributed by atoms with E-state index < -0.39 is 0 Å². The van der Waals surface area contributed by atoms with Crippen LogP contribution in [0.4, 0.5) is 11.4 Å². The van der Waals surface area contributed by atoms with E-state index in [2.05, 4.69) is 42.3 Å². The molecule has 156 valence electrons. The highest BCUT2D eigenvalue weighted by Gasteiger charge is 2.09. The van der Waals surface area contributed by atoms with Crippen LogP contribution in [0, 0.1) is 18.3 Å². The molecule has 0 fully saturated rings. The van der Waals surface area contributed by atoms with Gasteiger partial charge in [-0.25, -0.2) is 0 Å². The monoisotopic (exact) mass is 409 g/mol. The SMILES string of the molecule is CCN(CC)c1cccc(/C=C/C(=O)Nc2cc(-c3ccccc3C)ccc2C#N)c1. The quantitative estimate of drug-likeness (QED) is 0.485. The van der Waals surface area contributed by atoms with Gasteiger partial charge in [0.25, 0.3) is 0 Å². The molecule has 31 heavy (non-hydrogen) atoms. The summed E-state index contributed by atoms with van der Waals surface area (Å²) in [5, 5.41) is 12.3. The van der Waals surface area contributed by atoms with Crippen molar-refractivity contribution in [2.24, 2.45) is 0 Å². The Morgan fingerprint density at radius 1 is 1.03 bits per heavy atom. The van der Waals surface area contributed by atoms with Crippen LogP contribution in [0.3, 0.4) is 0 Å². The van der Waals surface area contributed by atoms with E-state index in [9.17, 15) is 10.1 Å². The van der Waals surface area contributed by atoms with E-state index in [-0.39, 0.29) is 5.91 Å². The van der Waals surface area contributed by atoms with Crippen LogP contribution in [0.2, 0.25) is 0 Å². The van der Waals surface area contributed by atoms with Gasteiger partial charge in [0.05, 0.1) is 11.3 Å². The fraction of sp³-hybridized carbons (Fsp3) is 0.185. The van der Waals surface area contributed by atoms with Crippen LogP contribution in [-0.4, -0.2) is 19.0 Å². The second-order valence-electron chi connectivity index (χ2n) is 7.28. The van der Waals surface area contributed by atoms with E-state index in [1.165, 1.54) is 6.08 Å². The van der Waals surface area contributed by atoms with Crippen LogP contribution in [0.25, 0.3) is 17.2 Å². The van der Waals surface area contributed by atoms with E-state index in [1.807, 2.05) is 55.5 Å². The molecule has 3 aromatic rings. The number of hydrogen-bond acceptors (Lipinski definition) is 3. The average Bonchev–Trinajstić information content (AvgIpc) is 2.79. The number of anilines is 2. The molecule has 3 aromatic carbocycles. The van der Waals surface area contributed by atoms with E-state index in [1.54, 1.807) is 12.1 Å². The van der Waals surface area contributed by atoms with Crippen molar-refractivity contribution in [2.75, 3.05) is 23.3 Å². The fourth-order valence-corrected chi connectivity index (χ4v) is 3.57. The fourth-order valence-electron chi connectivity index (χ4n) is 3.57. The zero-order valence-corrected chi connectivity index (χ0v) is 18.2. The van der Waals surface area contributed by atoms with Crippen molar-refractivity contribution >= 4 is 23.4 Å². The second kappa shape index (κ2) is 10.3. The zero-order valence-electron chi connectivity index (χ0n) is 18.2. The molecule has 0 aromatic heterocycles. The smallest absolute Gasteiger partial charge is 0.248 e. The molecule has 0 unspecified atom stereocenters. The molecule has 1 amide bonds. The van der Waals surface area contributed by atoms with Gasteiger partial charge in [0.15, 0.2) is 0 Å². The molecular formula is C27H27N3O. The third kappa shape index (κ3) is 5.40. The molecular weight excluding hydrogens is 382 g/mol. The summed E-state index contributed by atoms with van der Waals surface area (Å²) in [5.41, 5.74) is 6.20. The number of nitriles is 1. The normalized spacial score (nSPS) is 10.6. The Kier molecular flexibility index (Phi) is 7.24. The van der Waals surface area contributed by atoms with Crippen LogP contribution in [-0.2, 0) is 4.79 Å². The Balaban J connectivity index is 1.80. The molecule has 4 nitrogen and oxygen atoms in total. The van der Waals surface area contributed by atoms with Gasteiger partial charge < -0.3 is 10.2 Å². The molecule has 0 saturated carbocycles. The summed E-state index contributed by atoms with van der Waals surface area (Å²) in [6.07, 6.45) is 3.29. The molecule has 0 bridgehead atoms. The summed E-state index contributed by atoms with van der Waals surface area (Å²) in [5.74, 6) is -0.272. The first-order valence-electron chi connectivity index (χ1n) is 10.5. The summed E-state index contributed by atoms with van der Waals surface area (Å²) in [6, 6.07) is 23.8. The van der Waals surface area contributed by atoms with Gasteiger partial charge in [-0.2, -0.15) is 5.26 Å². The first-order chi connectivity index (χ1) is 15.0. The largest absolute Gasteiger partial charge is 0.372 e. The maximum atomic E-state index is 12.6. The van der Waals surface area contributed by atoms with Crippen LogP contribution < -0.4 is 10.2 Å². The number of rotatable bonds is 7. The Morgan fingerprint density at radius 2 is 1.81 bits per heavy atom. The van der Waals surface area contributed by atoms with Gasteiger partial charge in [-0.15, -0.1) is 0 Å². The second-order valence-corrected chi connectivity index (χ2v) is 7.28. The maximum absolute atomic E-state index is 12.6. The van der Waals surface area contributed by atoms with Crippen molar-refractivity contribution in [3.05, 3.63) is 89.5 Å². The molecule has 1 N–H and O–H groups in total. The number of nitrogens with one attached hydrogen (secondary N) is 1. The van der Waals surface area contributed by atoms with Crippen molar-refractivity contribution in [2.45, 2.75) is 20.8 Å². The first kappa shape index (κ1) is 21.9.